The van der Waals surface area contributed by atoms with Gasteiger partial charge in [0.25, 0.3) is 0 Å². The second kappa shape index (κ2) is 6.66. The molecule has 124 valence electrons. The predicted octanol–water partition coefficient (Wildman–Crippen LogP) is 3.56. The number of rotatable bonds is 4. The van der Waals surface area contributed by atoms with Crippen molar-refractivity contribution >= 4 is 11.7 Å². The molecule has 24 heavy (non-hydrogen) atoms. The standard InChI is InChI=1S/C19H19NO4/c1-3-22-19(21)16-15(14-10-7-11-23-14)12(2)17(24-18(16)20)13-8-5-4-6-9-13/h4-11,15H,3,20H2,1-2H3. The van der Waals surface area contributed by atoms with Crippen LogP contribution in [0.3, 0.4) is 0 Å². The number of carbonyl (C=O) groups is 1. The Kier molecular flexibility index (Phi) is 4.42. The first-order chi connectivity index (χ1) is 11.6. The van der Waals surface area contributed by atoms with Crippen molar-refractivity contribution in [1.82, 2.24) is 0 Å². The molecule has 0 aliphatic carbocycles. The molecule has 1 aromatic heterocycles. The molecular weight excluding hydrogens is 306 g/mol. The second-order valence-corrected chi connectivity index (χ2v) is 5.43. The maximum atomic E-state index is 12.4. The molecule has 0 bridgehead atoms. The number of hydrogen-bond donors (Lipinski definition) is 1. The molecule has 2 N–H and O–H groups in total. The van der Waals surface area contributed by atoms with Crippen LogP contribution in [0.5, 0.6) is 0 Å². The molecule has 0 saturated heterocycles. The molecule has 0 fully saturated rings. The summed E-state index contributed by atoms with van der Waals surface area (Å²) >= 11 is 0. The molecule has 1 atom stereocenters. The minimum atomic E-state index is -0.497. The zero-order valence-corrected chi connectivity index (χ0v) is 13.6. The normalized spacial score (nSPS) is 17.7. The van der Waals surface area contributed by atoms with Gasteiger partial charge in [0.05, 0.1) is 18.8 Å². The van der Waals surface area contributed by atoms with Gasteiger partial charge in [-0.25, -0.2) is 4.79 Å². The number of esters is 1. The van der Waals surface area contributed by atoms with Crippen molar-refractivity contribution in [3.63, 3.8) is 0 Å². The topological polar surface area (TPSA) is 74.7 Å². The molecule has 0 spiro atoms. The van der Waals surface area contributed by atoms with Gasteiger partial charge in [-0.2, -0.15) is 0 Å². The van der Waals surface area contributed by atoms with E-state index in [9.17, 15) is 4.79 Å². The lowest BCUT2D eigenvalue weighted by molar-refractivity contribution is -0.139. The van der Waals surface area contributed by atoms with Crippen LogP contribution in [0.15, 0.2) is 70.2 Å². The summed E-state index contributed by atoms with van der Waals surface area (Å²) in [6.07, 6.45) is 1.57. The van der Waals surface area contributed by atoms with Crippen molar-refractivity contribution in [2.75, 3.05) is 6.61 Å². The van der Waals surface area contributed by atoms with E-state index in [4.69, 9.17) is 19.6 Å². The minimum Gasteiger partial charge on any atom is -0.468 e. The molecule has 2 aromatic rings. The molecule has 1 aliphatic heterocycles. The van der Waals surface area contributed by atoms with E-state index in [1.807, 2.05) is 43.3 Å². The van der Waals surface area contributed by atoms with E-state index in [1.54, 1.807) is 19.3 Å². The third-order valence-electron chi connectivity index (χ3n) is 3.92. The van der Waals surface area contributed by atoms with Gasteiger partial charge in [-0.3, -0.25) is 0 Å². The van der Waals surface area contributed by atoms with Gasteiger partial charge in [0, 0.05) is 5.56 Å². The molecule has 2 heterocycles. The van der Waals surface area contributed by atoms with E-state index in [-0.39, 0.29) is 18.1 Å². The number of hydrogen-bond acceptors (Lipinski definition) is 5. The number of benzene rings is 1. The Labute approximate surface area is 140 Å². The Morgan fingerprint density at radius 3 is 2.58 bits per heavy atom. The Morgan fingerprint density at radius 2 is 1.96 bits per heavy atom. The van der Waals surface area contributed by atoms with Gasteiger partial charge in [-0.1, -0.05) is 30.3 Å². The summed E-state index contributed by atoms with van der Waals surface area (Å²) in [6, 6.07) is 13.2. The highest BCUT2D eigenvalue weighted by Crippen LogP contribution is 2.42. The van der Waals surface area contributed by atoms with Crippen LogP contribution >= 0.6 is 0 Å². The fraction of sp³-hybridized carbons (Fsp3) is 0.211. The summed E-state index contributed by atoms with van der Waals surface area (Å²) in [4.78, 5) is 12.4. The molecule has 0 saturated carbocycles. The largest absolute Gasteiger partial charge is 0.468 e. The van der Waals surface area contributed by atoms with Gasteiger partial charge in [-0.15, -0.1) is 0 Å². The Balaban J connectivity index is 2.12. The Bertz CT molecular complexity index is 788. The smallest absolute Gasteiger partial charge is 0.340 e. The van der Waals surface area contributed by atoms with Crippen LogP contribution in [0.25, 0.3) is 5.76 Å². The summed E-state index contributed by atoms with van der Waals surface area (Å²) in [5.74, 6) is 0.350. The highest BCUT2D eigenvalue weighted by molar-refractivity contribution is 5.93. The zero-order chi connectivity index (χ0) is 17.1. The molecule has 1 aliphatic rings. The molecule has 3 rings (SSSR count). The summed E-state index contributed by atoms with van der Waals surface area (Å²) in [5.41, 5.74) is 8.07. The van der Waals surface area contributed by atoms with Gasteiger partial charge in [0.2, 0.25) is 5.88 Å². The first kappa shape index (κ1) is 15.9. The van der Waals surface area contributed by atoms with E-state index in [0.29, 0.717) is 11.5 Å². The quantitative estimate of drug-likeness (QED) is 0.870. The number of nitrogens with two attached hydrogens (primary N) is 1. The Hall–Kier alpha value is -2.95. The van der Waals surface area contributed by atoms with Crippen molar-refractivity contribution < 1.29 is 18.7 Å². The van der Waals surface area contributed by atoms with Crippen LogP contribution in [0, 0.1) is 0 Å². The summed E-state index contributed by atoms with van der Waals surface area (Å²) < 4.78 is 16.5. The predicted molar refractivity (Wildman–Crippen MR) is 89.4 cm³/mol. The minimum absolute atomic E-state index is 0.0410. The first-order valence-corrected chi connectivity index (χ1v) is 7.77. The first-order valence-electron chi connectivity index (χ1n) is 7.77. The molecule has 1 unspecified atom stereocenters. The lowest BCUT2D eigenvalue weighted by Crippen LogP contribution is -2.26. The summed E-state index contributed by atoms with van der Waals surface area (Å²) in [6.45, 7) is 3.91. The van der Waals surface area contributed by atoms with Gasteiger partial charge < -0.3 is 19.6 Å². The van der Waals surface area contributed by atoms with E-state index >= 15 is 0 Å². The summed E-state index contributed by atoms with van der Waals surface area (Å²) in [5, 5.41) is 0. The Morgan fingerprint density at radius 1 is 1.21 bits per heavy atom. The average molecular weight is 325 g/mol. The van der Waals surface area contributed by atoms with E-state index < -0.39 is 11.9 Å². The SMILES string of the molecule is CCOC(=O)C1=C(N)OC(c2ccccc2)=C(C)C1c1ccco1. The van der Waals surface area contributed by atoms with Gasteiger partial charge >= 0.3 is 5.97 Å². The van der Waals surface area contributed by atoms with Crippen molar-refractivity contribution in [2.24, 2.45) is 5.73 Å². The highest BCUT2D eigenvalue weighted by atomic mass is 16.5. The van der Waals surface area contributed by atoms with Crippen molar-refractivity contribution in [1.29, 1.82) is 0 Å². The van der Waals surface area contributed by atoms with E-state index in [2.05, 4.69) is 0 Å². The zero-order valence-electron chi connectivity index (χ0n) is 13.6. The fourth-order valence-electron chi connectivity index (χ4n) is 2.85. The average Bonchev–Trinajstić information content (AvgIpc) is 3.11. The third-order valence-corrected chi connectivity index (χ3v) is 3.92. The second-order valence-electron chi connectivity index (χ2n) is 5.43. The fourth-order valence-corrected chi connectivity index (χ4v) is 2.85. The molecule has 0 amide bonds. The maximum absolute atomic E-state index is 12.4. The van der Waals surface area contributed by atoms with Crippen LogP contribution in [-0.4, -0.2) is 12.6 Å². The van der Waals surface area contributed by atoms with Crippen LogP contribution in [0.2, 0.25) is 0 Å². The van der Waals surface area contributed by atoms with Crippen LogP contribution < -0.4 is 5.73 Å². The lowest BCUT2D eigenvalue weighted by atomic mass is 9.86. The molecule has 5 nitrogen and oxygen atoms in total. The van der Waals surface area contributed by atoms with E-state index in [0.717, 1.165) is 11.1 Å². The van der Waals surface area contributed by atoms with Gasteiger partial charge in [-0.05, 0) is 31.6 Å². The van der Waals surface area contributed by atoms with Gasteiger partial charge in [0.15, 0.2) is 0 Å². The van der Waals surface area contributed by atoms with Crippen LogP contribution in [0.1, 0.15) is 31.1 Å². The van der Waals surface area contributed by atoms with Crippen molar-refractivity contribution in [3.05, 3.63) is 77.1 Å². The number of ether oxygens (including phenoxy) is 2. The van der Waals surface area contributed by atoms with Crippen molar-refractivity contribution in [3.8, 4) is 0 Å². The highest BCUT2D eigenvalue weighted by Gasteiger charge is 2.37. The molecule has 0 radical (unpaired) electrons. The van der Waals surface area contributed by atoms with Crippen LogP contribution in [0.4, 0.5) is 0 Å². The number of allylic oxidation sites excluding steroid dienone is 1. The maximum Gasteiger partial charge on any atom is 0.340 e. The molecular formula is C19H19NO4. The molecule has 5 heteroatoms. The van der Waals surface area contributed by atoms with Crippen LogP contribution in [-0.2, 0) is 14.3 Å². The molecule has 1 aromatic carbocycles. The third kappa shape index (κ3) is 2.80. The van der Waals surface area contributed by atoms with Crippen molar-refractivity contribution in [2.45, 2.75) is 19.8 Å². The number of furan rings is 1. The number of carbonyl (C=O) groups excluding carboxylic acids is 1. The monoisotopic (exact) mass is 325 g/mol. The van der Waals surface area contributed by atoms with Gasteiger partial charge in [0.1, 0.15) is 17.1 Å². The summed E-state index contributed by atoms with van der Waals surface area (Å²) in [7, 11) is 0. The lowest BCUT2D eigenvalue weighted by Gasteiger charge is -2.28. The van der Waals surface area contributed by atoms with E-state index in [1.165, 1.54) is 0 Å².